The van der Waals surface area contributed by atoms with Crippen molar-refractivity contribution >= 4 is 41.4 Å². The first-order valence-corrected chi connectivity index (χ1v) is 46.1. The molecule has 13 aromatic rings. The fourth-order valence-electron chi connectivity index (χ4n) is 16.7. The molecular weight excluding hydrogens is 1590 g/mol. The van der Waals surface area contributed by atoms with E-state index in [1.165, 1.54) is 33.4 Å². The van der Waals surface area contributed by atoms with Crippen LogP contribution in [0.25, 0.3) is 0 Å². The molecule has 0 bridgehead atoms. The predicted octanol–water partition coefficient (Wildman–Crippen LogP) is 22.8. The number of hydrogen-bond acceptors (Lipinski definition) is 7. The van der Waals surface area contributed by atoms with Gasteiger partial charge in [0.25, 0.3) is 35.4 Å². The van der Waals surface area contributed by atoms with Gasteiger partial charge in [0.05, 0.1) is 0 Å². The van der Waals surface area contributed by atoms with E-state index in [-0.39, 0.29) is 35.4 Å². The molecule has 0 spiro atoms. The van der Waals surface area contributed by atoms with Gasteiger partial charge in [0.2, 0.25) is 5.91 Å². The van der Waals surface area contributed by atoms with Crippen molar-refractivity contribution < 1.29 is 33.6 Å². The van der Waals surface area contributed by atoms with Crippen molar-refractivity contribution in [2.24, 2.45) is 5.73 Å². The Balaban J connectivity index is 0.682. The summed E-state index contributed by atoms with van der Waals surface area (Å²) in [7, 11) is 0. The summed E-state index contributed by atoms with van der Waals surface area (Å²) < 4.78 is 0. The van der Waals surface area contributed by atoms with Gasteiger partial charge in [-0.1, -0.05) is 273 Å². The molecule has 658 valence electrons. The van der Waals surface area contributed by atoms with Crippen LogP contribution in [0.4, 0.5) is 0 Å². The Bertz CT molecular complexity index is 5600. The lowest BCUT2D eigenvalue weighted by Crippen LogP contribution is -2.33. The Morgan fingerprint density at radius 2 is 0.295 bits per heavy atom. The van der Waals surface area contributed by atoms with Crippen molar-refractivity contribution in [1.29, 1.82) is 0 Å². The summed E-state index contributed by atoms with van der Waals surface area (Å²) in [6, 6.07) is 117. The molecular formula is C115H121N7O7. The van der Waals surface area contributed by atoms with Crippen LogP contribution < -0.4 is 5.73 Å². The van der Waals surface area contributed by atoms with Crippen molar-refractivity contribution in [3.8, 4) is 0 Å². The molecule has 14 nitrogen and oxygen atoms in total. The average molecular weight is 1710 g/mol. The van der Waals surface area contributed by atoms with Crippen LogP contribution in [0.2, 0.25) is 0 Å². The Morgan fingerprint density at radius 3 is 0.450 bits per heavy atom. The van der Waals surface area contributed by atoms with Gasteiger partial charge in [-0.15, -0.1) is 0 Å². The van der Waals surface area contributed by atoms with Crippen LogP contribution in [0.5, 0.6) is 0 Å². The zero-order valence-electron chi connectivity index (χ0n) is 74.4. The Hall–Kier alpha value is -13.9. The highest BCUT2D eigenvalue weighted by Gasteiger charge is 2.26. The normalized spacial score (nSPS) is 11.0. The highest BCUT2D eigenvalue weighted by Crippen LogP contribution is 2.25. The number of carbonyl (C=O) groups is 7. The highest BCUT2D eigenvalue weighted by atomic mass is 16.2. The molecule has 0 aliphatic carbocycles. The van der Waals surface area contributed by atoms with Crippen LogP contribution in [-0.2, 0) is 77.8 Å². The van der Waals surface area contributed by atoms with Gasteiger partial charge >= 0.3 is 0 Å². The summed E-state index contributed by atoms with van der Waals surface area (Å²) in [5.74, 6) is -1.06. The number of benzene rings is 13. The lowest BCUT2D eigenvalue weighted by Gasteiger charge is -2.26. The number of unbranched alkanes of at least 4 members (excludes halogenated alkanes) is 6. The first kappa shape index (κ1) is 92.8. The summed E-state index contributed by atoms with van der Waals surface area (Å²) in [6.45, 7) is 5.29. The standard InChI is InChI=1S/C115H121N7O7/c116-109(123)102-66-54-96(55-67-102)84-118(79-29-23-47-91-36-10-2-11-37-91)111(125)104-70-58-98(59-71-104)86-120(81-31-25-49-93-40-14-4-15-41-93)113(127)106-74-62-100(63-75-106)88-122(83-33-27-51-95-44-18-6-19-45-95)115(129)108-76-64-101(65-77-108)89-121(82-32-26-50-94-42-16-5-17-43-94)114(128)107-72-60-99(61-73-107)87-119(80-30-24-48-92-38-12-3-13-39-92)112(126)105-68-56-97(57-69-105)85-117(110(124)103-52-20-7-21-53-103)78-28-22-46-90-34-8-1-9-35-90/h1-21,34-45,52-77H,22-33,46-51,78-89H2,(H2,116,123). The summed E-state index contributed by atoms with van der Waals surface area (Å²) in [5, 5.41) is 0. The molecule has 129 heavy (non-hydrogen) atoms. The number of carbonyl (C=O) groups excluding carboxylic acids is 7. The first-order valence-electron chi connectivity index (χ1n) is 46.1. The molecule has 13 aromatic carbocycles. The van der Waals surface area contributed by atoms with E-state index < -0.39 is 5.91 Å². The molecule has 13 rings (SSSR count). The third-order valence-electron chi connectivity index (χ3n) is 24.1. The second-order valence-corrected chi connectivity index (χ2v) is 33.9. The lowest BCUT2D eigenvalue weighted by atomic mass is 10.0. The van der Waals surface area contributed by atoms with E-state index in [1.807, 2.05) is 242 Å². The van der Waals surface area contributed by atoms with Gasteiger partial charge in [-0.2, -0.15) is 0 Å². The number of primary amides is 1. The molecule has 0 aliphatic rings. The minimum atomic E-state index is -0.505. The van der Waals surface area contributed by atoms with Gasteiger partial charge < -0.3 is 35.1 Å². The Morgan fingerprint density at radius 1 is 0.155 bits per heavy atom. The Labute approximate surface area is 763 Å². The number of amides is 7. The third kappa shape index (κ3) is 29.6. The summed E-state index contributed by atoms with van der Waals surface area (Å²) in [4.78, 5) is 112. The van der Waals surface area contributed by atoms with E-state index in [0.717, 1.165) is 149 Å². The predicted molar refractivity (Wildman–Crippen MR) is 518 cm³/mol. The van der Waals surface area contributed by atoms with E-state index in [0.29, 0.717) is 117 Å². The molecule has 0 saturated carbocycles. The van der Waals surface area contributed by atoms with Crippen LogP contribution in [0.15, 0.2) is 358 Å². The molecule has 0 atom stereocenters. The van der Waals surface area contributed by atoms with Crippen molar-refractivity contribution in [3.05, 3.63) is 464 Å². The Kier molecular flexibility index (Phi) is 35.9. The number of rotatable bonds is 49. The maximum Gasteiger partial charge on any atom is 0.254 e. The van der Waals surface area contributed by atoms with Crippen LogP contribution in [0.1, 0.15) is 216 Å². The number of nitrogens with two attached hydrogens (primary N) is 1. The summed E-state index contributed by atoms with van der Waals surface area (Å²) >= 11 is 0. The second kappa shape index (κ2) is 49.9. The summed E-state index contributed by atoms with van der Waals surface area (Å²) in [6.07, 6.45) is 15.6. The SMILES string of the molecule is NC(=O)c1ccc(CN(CCCCc2ccccc2)C(=O)c2ccc(CN(CCCCc3ccccc3)C(=O)c3ccc(CN(CCCCc4ccccc4)C(=O)c4ccc(CN(CCCCc5ccccc5)C(=O)c5ccc(CN(CCCCc6ccccc6)C(=O)c6ccc(CN(CCCCc7ccccc7)C(=O)c7ccccc7)cc6)cc5)cc4)cc3)cc2)cc1. The molecule has 0 fully saturated rings. The maximum atomic E-state index is 15.1. The molecule has 0 aliphatic heterocycles. The van der Waals surface area contributed by atoms with E-state index >= 15 is 9.59 Å². The van der Waals surface area contributed by atoms with Crippen LogP contribution in [0.3, 0.4) is 0 Å². The van der Waals surface area contributed by atoms with Gasteiger partial charge in [0.1, 0.15) is 0 Å². The van der Waals surface area contributed by atoms with E-state index in [9.17, 15) is 24.0 Å². The van der Waals surface area contributed by atoms with Crippen LogP contribution >= 0.6 is 0 Å². The molecule has 0 aromatic heterocycles. The minimum Gasteiger partial charge on any atom is -0.366 e. The fourth-order valence-corrected chi connectivity index (χ4v) is 16.7. The quantitative estimate of drug-likeness (QED) is 0.0371. The highest BCUT2D eigenvalue weighted by molar-refractivity contribution is 5.98. The van der Waals surface area contributed by atoms with Crippen molar-refractivity contribution in [2.45, 2.75) is 155 Å². The number of hydrogen-bond donors (Lipinski definition) is 1. The van der Waals surface area contributed by atoms with Crippen LogP contribution in [0, 0.1) is 0 Å². The third-order valence-corrected chi connectivity index (χ3v) is 24.1. The minimum absolute atomic E-state index is 0.0225. The number of nitrogens with zero attached hydrogens (tertiary/aromatic N) is 6. The fraction of sp³-hybridized carbons (Fsp3) is 0.261. The summed E-state index contributed by atoms with van der Waals surface area (Å²) in [5.41, 5.74) is 22.3. The largest absolute Gasteiger partial charge is 0.366 e. The molecule has 2 N–H and O–H groups in total. The van der Waals surface area contributed by atoms with Gasteiger partial charge in [0.15, 0.2) is 0 Å². The van der Waals surface area contributed by atoms with Crippen molar-refractivity contribution in [1.82, 2.24) is 29.4 Å². The number of aryl methyl sites for hydroxylation is 6. The maximum absolute atomic E-state index is 15.1. The molecule has 0 heterocycles. The van der Waals surface area contributed by atoms with Crippen LogP contribution in [-0.4, -0.2) is 110 Å². The molecule has 14 heteroatoms. The molecule has 0 saturated heterocycles. The van der Waals surface area contributed by atoms with E-state index in [2.05, 4.69) is 133 Å². The van der Waals surface area contributed by atoms with E-state index in [4.69, 9.17) is 5.73 Å². The zero-order chi connectivity index (χ0) is 89.4. The second-order valence-electron chi connectivity index (χ2n) is 33.9. The molecule has 0 radical (unpaired) electrons. The van der Waals surface area contributed by atoms with Crippen molar-refractivity contribution in [3.63, 3.8) is 0 Å². The first-order chi connectivity index (χ1) is 63.3. The molecule has 7 amide bonds. The smallest absolute Gasteiger partial charge is 0.254 e. The average Bonchev–Trinajstić information content (AvgIpc) is 0.823. The van der Waals surface area contributed by atoms with Gasteiger partial charge in [-0.05, 0) is 267 Å². The van der Waals surface area contributed by atoms with Gasteiger partial charge in [-0.25, -0.2) is 0 Å². The van der Waals surface area contributed by atoms with Gasteiger partial charge in [0, 0.05) is 117 Å². The van der Waals surface area contributed by atoms with E-state index in [1.54, 1.807) is 12.1 Å². The lowest BCUT2D eigenvalue weighted by molar-refractivity contribution is 0.0728. The monoisotopic (exact) mass is 1710 g/mol. The topological polar surface area (TPSA) is 165 Å². The molecule has 0 unspecified atom stereocenters. The van der Waals surface area contributed by atoms with Crippen molar-refractivity contribution in [2.75, 3.05) is 39.3 Å². The van der Waals surface area contributed by atoms with Gasteiger partial charge in [-0.3, -0.25) is 33.6 Å². The zero-order valence-corrected chi connectivity index (χ0v) is 74.4.